The third-order valence-electron chi connectivity index (χ3n) is 2.72. The molecule has 0 radical (unpaired) electrons. The van der Waals surface area contributed by atoms with E-state index in [2.05, 4.69) is 0 Å². The average molecular weight is 326 g/mol. The Balaban J connectivity index is 1.75. The summed E-state index contributed by atoms with van der Waals surface area (Å²) in [5.74, 6) is -0.0592. The van der Waals surface area contributed by atoms with Crippen LogP contribution in [0.3, 0.4) is 0 Å². The Labute approximate surface area is 137 Å². The van der Waals surface area contributed by atoms with Crippen LogP contribution in [0.25, 0.3) is 0 Å². The van der Waals surface area contributed by atoms with Crippen molar-refractivity contribution in [3.05, 3.63) is 94.8 Å². The smallest absolute Gasteiger partial charge is 0.186 e. The molecule has 0 saturated heterocycles. The topological polar surface area (TPSA) is 34.1 Å². The van der Waals surface area contributed by atoms with Crippen LogP contribution in [0.15, 0.2) is 83.6 Å². The quantitative estimate of drug-likeness (QED) is 0.304. The molecule has 2 aromatic rings. The zero-order chi connectivity index (χ0) is 15.6. The zero-order valence-corrected chi connectivity index (χ0v) is 13.3. The van der Waals surface area contributed by atoms with E-state index in [0.29, 0.717) is 11.1 Å². The molecule has 0 aliphatic carbocycles. The number of hydrogen-bond acceptors (Lipinski definition) is 4. The summed E-state index contributed by atoms with van der Waals surface area (Å²) >= 11 is 0. The minimum Gasteiger partial charge on any atom is -0.289 e. The fourth-order valence-corrected chi connectivity index (χ4v) is 2.85. The summed E-state index contributed by atoms with van der Waals surface area (Å²) in [6.07, 6.45) is 3.06. The van der Waals surface area contributed by atoms with Gasteiger partial charge in [0.2, 0.25) is 0 Å². The fourth-order valence-electron chi connectivity index (χ4n) is 1.64. The lowest BCUT2D eigenvalue weighted by Crippen LogP contribution is -1.92. The number of allylic oxidation sites excluding steroid dienone is 2. The van der Waals surface area contributed by atoms with E-state index >= 15 is 0 Å². The third-order valence-corrected chi connectivity index (χ3v) is 4.33. The first-order valence-corrected chi connectivity index (χ1v) is 8.89. The van der Waals surface area contributed by atoms with Gasteiger partial charge in [-0.2, -0.15) is 0 Å². The van der Waals surface area contributed by atoms with Gasteiger partial charge in [0.25, 0.3) is 0 Å². The predicted molar refractivity (Wildman–Crippen MR) is 95.0 cm³/mol. The molecule has 0 aromatic heterocycles. The first kappa shape index (κ1) is 16.3. The monoisotopic (exact) mass is 326 g/mol. The summed E-state index contributed by atoms with van der Waals surface area (Å²) in [4.78, 5) is 23.6. The van der Waals surface area contributed by atoms with Crippen molar-refractivity contribution in [3.63, 3.8) is 0 Å². The normalized spacial score (nSPS) is 11.1. The molecule has 0 bridgehead atoms. The summed E-state index contributed by atoms with van der Waals surface area (Å²) in [7, 11) is 2.78. The van der Waals surface area contributed by atoms with Gasteiger partial charge in [-0.3, -0.25) is 9.59 Å². The number of ketones is 2. The van der Waals surface area contributed by atoms with Gasteiger partial charge in [0.1, 0.15) is 0 Å². The van der Waals surface area contributed by atoms with Crippen LogP contribution >= 0.6 is 21.6 Å². The molecule has 0 fully saturated rings. The largest absolute Gasteiger partial charge is 0.289 e. The van der Waals surface area contributed by atoms with Gasteiger partial charge in [-0.05, 0) is 23.0 Å². The van der Waals surface area contributed by atoms with Gasteiger partial charge in [0, 0.05) is 11.1 Å². The van der Waals surface area contributed by atoms with Gasteiger partial charge in [0.05, 0.1) is 0 Å². The second kappa shape index (κ2) is 9.07. The van der Waals surface area contributed by atoms with Gasteiger partial charge < -0.3 is 0 Å². The Kier molecular flexibility index (Phi) is 6.74. The summed E-state index contributed by atoms with van der Waals surface area (Å²) in [5.41, 5.74) is 1.33. The van der Waals surface area contributed by atoms with E-state index < -0.39 is 0 Å². The summed E-state index contributed by atoms with van der Waals surface area (Å²) in [6.45, 7) is 0. The van der Waals surface area contributed by atoms with Crippen LogP contribution in [0.5, 0.6) is 0 Å². The van der Waals surface area contributed by atoms with Gasteiger partial charge in [-0.15, -0.1) is 0 Å². The molecule has 2 nitrogen and oxygen atoms in total. The van der Waals surface area contributed by atoms with Crippen LogP contribution in [0, 0.1) is 0 Å². The van der Waals surface area contributed by atoms with E-state index in [1.807, 2.05) is 36.4 Å². The fraction of sp³-hybridized carbons (Fsp3) is 0. The van der Waals surface area contributed by atoms with E-state index in [0.717, 1.165) is 0 Å². The molecule has 0 saturated carbocycles. The number of carbonyl (C=O) groups is 2. The number of hydrogen-bond donors (Lipinski definition) is 0. The molecule has 2 aromatic carbocycles. The molecular formula is C18H14O2S2. The number of rotatable bonds is 7. The van der Waals surface area contributed by atoms with Crippen LogP contribution in [-0.2, 0) is 0 Å². The highest BCUT2D eigenvalue weighted by atomic mass is 33.1. The molecule has 110 valence electrons. The molecule has 4 heteroatoms. The van der Waals surface area contributed by atoms with Gasteiger partial charge in [0.15, 0.2) is 11.6 Å². The Morgan fingerprint density at radius 3 is 1.36 bits per heavy atom. The highest BCUT2D eigenvalue weighted by molar-refractivity contribution is 8.78. The molecule has 0 unspecified atom stereocenters. The number of carbonyl (C=O) groups excluding carboxylic acids is 2. The Morgan fingerprint density at radius 2 is 1.00 bits per heavy atom. The molecule has 0 amide bonds. The lowest BCUT2D eigenvalue weighted by molar-refractivity contribution is 0.103. The second-order valence-corrected chi connectivity index (χ2v) is 6.34. The van der Waals surface area contributed by atoms with Crippen molar-refractivity contribution in [1.29, 1.82) is 0 Å². The van der Waals surface area contributed by atoms with Gasteiger partial charge in [-0.1, -0.05) is 82.3 Å². The molecule has 0 atom stereocenters. The maximum absolute atomic E-state index is 11.8. The van der Waals surface area contributed by atoms with Crippen molar-refractivity contribution < 1.29 is 9.59 Å². The minimum atomic E-state index is -0.0296. The SMILES string of the molecule is O=C(/C=C\SS/C=C\C(=O)c1ccccc1)c1ccccc1. The maximum Gasteiger partial charge on any atom is 0.186 e. The van der Waals surface area contributed by atoms with Crippen LogP contribution < -0.4 is 0 Å². The Bertz CT molecular complexity index is 615. The van der Waals surface area contributed by atoms with E-state index in [1.165, 1.54) is 33.7 Å². The predicted octanol–water partition coefficient (Wildman–Crippen LogP) is 5.16. The van der Waals surface area contributed by atoms with E-state index in [1.54, 1.807) is 35.1 Å². The highest BCUT2D eigenvalue weighted by Gasteiger charge is 2.00. The van der Waals surface area contributed by atoms with Gasteiger partial charge in [-0.25, -0.2) is 0 Å². The summed E-state index contributed by atoms with van der Waals surface area (Å²) < 4.78 is 0. The van der Waals surface area contributed by atoms with Crippen LogP contribution in [0.1, 0.15) is 20.7 Å². The maximum atomic E-state index is 11.8. The van der Waals surface area contributed by atoms with Crippen molar-refractivity contribution in [2.45, 2.75) is 0 Å². The molecular weight excluding hydrogens is 312 g/mol. The van der Waals surface area contributed by atoms with Crippen molar-refractivity contribution in [3.8, 4) is 0 Å². The van der Waals surface area contributed by atoms with Crippen LogP contribution in [-0.4, -0.2) is 11.6 Å². The van der Waals surface area contributed by atoms with Crippen molar-refractivity contribution in [1.82, 2.24) is 0 Å². The molecule has 2 rings (SSSR count). The second-order valence-electron chi connectivity index (χ2n) is 4.26. The molecule has 0 heterocycles. The van der Waals surface area contributed by atoms with Crippen molar-refractivity contribution >= 4 is 33.2 Å². The summed E-state index contributed by atoms with van der Waals surface area (Å²) in [6, 6.07) is 18.2. The molecule has 22 heavy (non-hydrogen) atoms. The third kappa shape index (κ3) is 5.39. The van der Waals surface area contributed by atoms with Gasteiger partial charge >= 0.3 is 0 Å². The molecule has 0 aliphatic rings. The van der Waals surface area contributed by atoms with E-state index in [4.69, 9.17) is 0 Å². The molecule has 0 spiro atoms. The highest BCUT2D eigenvalue weighted by Crippen LogP contribution is 2.24. The Hall–Kier alpha value is -2.04. The zero-order valence-electron chi connectivity index (χ0n) is 11.7. The standard InChI is InChI=1S/C18H14O2S2/c19-17(15-7-3-1-4-8-15)11-13-21-22-14-12-18(20)16-9-5-2-6-10-16/h1-14H/b13-11-,14-12-. The van der Waals surface area contributed by atoms with E-state index in [9.17, 15) is 9.59 Å². The number of benzene rings is 2. The molecule has 0 aliphatic heterocycles. The van der Waals surface area contributed by atoms with Crippen molar-refractivity contribution in [2.75, 3.05) is 0 Å². The van der Waals surface area contributed by atoms with Crippen molar-refractivity contribution in [2.24, 2.45) is 0 Å². The summed E-state index contributed by atoms with van der Waals surface area (Å²) in [5, 5.41) is 3.44. The lowest BCUT2D eigenvalue weighted by atomic mass is 10.1. The van der Waals surface area contributed by atoms with Crippen LogP contribution in [0.4, 0.5) is 0 Å². The lowest BCUT2D eigenvalue weighted by Gasteiger charge is -1.94. The Morgan fingerprint density at radius 1 is 0.636 bits per heavy atom. The molecule has 0 N–H and O–H groups in total. The average Bonchev–Trinajstić information content (AvgIpc) is 2.59. The first-order valence-electron chi connectivity index (χ1n) is 6.61. The minimum absolute atomic E-state index is 0.0296. The van der Waals surface area contributed by atoms with Crippen LogP contribution in [0.2, 0.25) is 0 Å². The van der Waals surface area contributed by atoms with E-state index in [-0.39, 0.29) is 11.6 Å². The first-order chi connectivity index (χ1) is 10.8.